The molecule has 1 aromatic heterocycles. The zero-order chi connectivity index (χ0) is 13.8. The van der Waals surface area contributed by atoms with Crippen molar-refractivity contribution in [3.63, 3.8) is 0 Å². The molecule has 1 aromatic rings. The van der Waals surface area contributed by atoms with E-state index in [-0.39, 0.29) is 24.7 Å². The molecule has 1 rings (SSSR count). The highest BCUT2D eigenvalue weighted by Crippen LogP contribution is 2.09. The van der Waals surface area contributed by atoms with Crippen molar-refractivity contribution < 1.29 is 14.3 Å². The second kappa shape index (κ2) is 5.66. The number of carbonyl (C=O) groups is 2. The molecular formula is C12H19N3O3. The molecule has 1 amide bonds. The smallest absolute Gasteiger partial charge is 0.306 e. The highest BCUT2D eigenvalue weighted by Gasteiger charge is 2.17. The van der Waals surface area contributed by atoms with Gasteiger partial charge >= 0.3 is 5.97 Å². The van der Waals surface area contributed by atoms with Crippen LogP contribution in [-0.4, -0.2) is 27.0 Å². The number of ether oxygens (including phenoxy) is 1. The van der Waals surface area contributed by atoms with Gasteiger partial charge in [0.15, 0.2) is 5.82 Å². The fourth-order valence-corrected chi connectivity index (χ4v) is 1.29. The molecule has 0 bridgehead atoms. The van der Waals surface area contributed by atoms with Crippen LogP contribution in [0.5, 0.6) is 0 Å². The standard InChI is InChI=1S/C12H19N3O3/c1-12(2,3)18-11(17)6-5-10(16)14-9-7-15(4)8-13-9/h7-8H,5-6H2,1-4H3,(H,14,16). The monoisotopic (exact) mass is 253 g/mol. The van der Waals surface area contributed by atoms with Gasteiger partial charge < -0.3 is 14.6 Å². The van der Waals surface area contributed by atoms with Gasteiger partial charge in [-0.3, -0.25) is 9.59 Å². The first kappa shape index (κ1) is 14.2. The lowest BCUT2D eigenvalue weighted by molar-refractivity contribution is -0.155. The quantitative estimate of drug-likeness (QED) is 0.825. The minimum absolute atomic E-state index is 0.0654. The maximum Gasteiger partial charge on any atom is 0.306 e. The van der Waals surface area contributed by atoms with Crippen LogP contribution in [0.25, 0.3) is 0 Å². The van der Waals surface area contributed by atoms with Gasteiger partial charge in [0, 0.05) is 19.7 Å². The van der Waals surface area contributed by atoms with Crippen molar-refractivity contribution >= 4 is 17.7 Å². The number of aryl methyl sites for hydroxylation is 1. The summed E-state index contributed by atoms with van der Waals surface area (Å²) in [6, 6.07) is 0. The van der Waals surface area contributed by atoms with E-state index >= 15 is 0 Å². The van der Waals surface area contributed by atoms with Gasteiger partial charge in [-0.2, -0.15) is 0 Å². The Morgan fingerprint density at radius 2 is 2.06 bits per heavy atom. The lowest BCUT2D eigenvalue weighted by atomic mass is 10.2. The minimum Gasteiger partial charge on any atom is -0.460 e. The van der Waals surface area contributed by atoms with Crippen LogP contribution in [0.2, 0.25) is 0 Å². The van der Waals surface area contributed by atoms with Gasteiger partial charge in [-0.25, -0.2) is 4.98 Å². The molecule has 0 aliphatic rings. The molecule has 0 spiro atoms. The normalized spacial score (nSPS) is 11.1. The summed E-state index contributed by atoms with van der Waals surface area (Å²) in [6.45, 7) is 5.37. The van der Waals surface area contributed by atoms with Gasteiger partial charge in [0.25, 0.3) is 0 Å². The van der Waals surface area contributed by atoms with Crippen LogP contribution in [0.3, 0.4) is 0 Å². The Labute approximate surface area is 106 Å². The van der Waals surface area contributed by atoms with E-state index in [1.165, 1.54) is 0 Å². The van der Waals surface area contributed by atoms with Crippen LogP contribution in [0, 0.1) is 0 Å². The third kappa shape index (κ3) is 5.47. The Hall–Kier alpha value is -1.85. The van der Waals surface area contributed by atoms with Gasteiger partial charge in [0.1, 0.15) is 5.60 Å². The third-order valence-electron chi connectivity index (χ3n) is 1.95. The molecule has 1 N–H and O–H groups in total. The summed E-state index contributed by atoms with van der Waals surface area (Å²) in [7, 11) is 1.81. The molecule has 0 fully saturated rings. The van der Waals surface area contributed by atoms with E-state index in [0.29, 0.717) is 5.82 Å². The van der Waals surface area contributed by atoms with Crippen molar-refractivity contribution in [1.29, 1.82) is 0 Å². The number of hydrogen-bond donors (Lipinski definition) is 1. The SMILES string of the molecule is Cn1cnc(NC(=O)CCC(=O)OC(C)(C)C)c1. The number of imidazole rings is 1. The van der Waals surface area contributed by atoms with Crippen molar-refractivity contribution in [3.8, 4) is 0 Å². The largest absolute Gasteiger partial charge is 0.460 e. The number of anilines is 1. The Morgan fingerprint density at radius 3 is 2.56 bits per heavy atom. The van der Waals surface area contributed by atoms with Crippen molar-refractivity contribution in [3.05, 3.63) is 12.5 Å². The summed E-state index contributed by atoms with van der Waals surface area (Å²) in [5.74, 6) is -0.148. The molecule has 0 unspecified atom stereocenters. The maximum atomic E-state index is 11.5. The van der Waals surface area contributed by atoms with E-state index in [9.17, 15) is 9.59 Å². The van der Waals surface area contributed by atoms with Crippen molar-refractivity contribution in [2.45, 2.75) is 39.2 Å². The average Bonchev–Trinajstić information content (AvgIpc) is 2.58. The first-order valence-corrected chi connectivity index (χ1v) is 5.76. The lowest BCUT2D eigenvalue weighted by Gasteiger charge is -2.19. The summed E-state index contributed by atoms with van der Waals surface area (Å²) >= 11 is 0. The maximum absolute atomic E-state index is 11.5. The third-order valence-corrected chi connectivity index (χ3v) is 1.95. The van der Waals surface area contributed by atoms with Crippen LogP contribution >= 0.6 is 0 Å². The predicted octanol–water partition coefficient (Wildman–Crippen LogP) is 1.48. The Morgan fingerprint density at radius 1 is 1.39 bits per heavy atom. The molecule has 0 atom stereocenters. The van der Waals surface area contributed by atoms with Gasteiger partial charge in [-0.15, -0.1) is 0 Å². The molecule has 0 aliphatic carbocycles. The minimum atomic E-state index is -0.519. The number of amides is 1. The predicted molar refractivity (Wildman–Crippen MR) is 66.9 cm³/mol. The van der Waals surface area contributed by atoms with Gasteiger partial charge in [-0.05, 0) is 20.8 Å². The Balaban J connectivity index is 2.31. The highest BCUT2D eigenvalue weighted by molar-refractivity contribution is 5.91. The molecule has 0 saturated heterocycles. The number of hydrogen-bond acceptors (Lipinski definition) is 4. The molecule has 100 valence electrons. The molecule has 0 saturated carbocycles. The Bertz CT molecular complexity index is 432. The van der Waals surface area contributed by atoms with Crippen LogP contribution < -0.4 is 5.32 Å². The van der Waals surface area contributed by atoms with Gasteiger partial charge in [0.2, 0.25) is 5.91 Å². The first-order valence-electron chi connectivity index (χ1n) is 5.76. The molecule has 1 heterocycles. The molecule has 0 aliphatic heterocycles. The second-order valence-corrected chi connectivity index (χ2v) is 5.06. The van der Waals surface area contributed by atoms with E-state index in [1.54, 1.807) is 37.9 Å². The molecule has 18 heavy (non-hydrogen) atoms. The van der Waals surface area contributed by atoms with Crippen LogP contribution in [-0.2, 0) is 21.4 Å². The summed E-state index contributed by atoms with van der Waals surface area (Å²) < 4.78 is 6.83. The number of carbonyl (C=O) groups excluding carboxylic acids is 2. The number of nitrogens with zero attached hydrogens (tertiary/aromatic N) is 2. The van der Waals surface area contributed by atoms with E-state index in [0.717, 1.165) is 0 Å². The summed E-state index contributed by atoms with van der Waals surface area (Å²) in [6.07, 6.45) is 3.43. The topological polar surface area (TPSA) is 73.2 Å². The van der Waals surface area contributed by atoms with Crippen LogP contribution in [0.1, 0.15) is 33.6 Å². The van der Waals surface area contributed by atoms with Crippen LogP contribution in [0.15, 0.2) is 12.5 Å². The average molecular weight is 253 g/mol. The zero-order valence-electron chi connectivity index (χ0n) is 11.2. The van der Waals surface area contributed by atoms with Crippen molar-refractivity contribution in [1.82, 2.24) is 9.55 Å². The van der Waals surface area contributed by atoms with E-state index < -0.39 is 5.60 Å². The fraction of sp³-hybridized carbons (Fsp3) is 0.583. The van der Waals surface area contributed by atoms with E-state index in [2.05, 4.69) is 10.3 Å². The first-order chi connectivity index (χ1) is 8.26. The van der Waals surface area contributed by atoms with Gasteiger partial charge in [0.05, 0.1) is 12.7 Å². The fourth-order valence-electron chi connectivity index (χ4n) is 1.29. The molecule has 6 heteroatoms. The summed E-state index contributed by atoms with van der Waals surface area (Å²) in [5, 5.41) is 2.60. The van der Waals surface area contributed by atoms with Gasteiger partial charge in [-0.1, -0.05) is 0 Å². The van der Waals surface area contributed by atoms with E-state index in [1.807, 2.05) is 7.05 Å². The summed E-state index contributed by atoms with van der Waals surface area (Å²) in [4.78, 5) is 26.9. The van der Waals surface area contributed by atoms with Crippen molar-refractivity contribution in [2.24, 2.45) is 7.05 Å². The molecule has 0 radical (unpaired) electrons. The number of esters is 1. The highest BCUT2D eigenvalue weighted by atomic mass is 16.6. The Kier molecular flexibility index (Phi) is 4.47. The zero-order valence-corrected chi connectivity index (χ0v) is 11.2. The van der Waals surface area contributed by atoms with Crippen LogP contribution in [0.4, 0.5) is 5.82 Å². The number of aromatic nitrogens is 2. The van der Waals surface area contributed by atoms with E-state index in [4.69, 9.17) is 4.74 Å². The van der Waals surface area contributed by atoms with Crippen molar-refractivity contribution in [2.75, 3.05) is 5.32 Å². The summed E-state index contributed by atoms with van der Waals surface area (Å²) in [5.41, 5.74) is -0.519. The number of nitrogens with one attached hydrogen (secondary N) is 1. The molecule has 0 aromatic carbocycles. The lowest BCUT2D eigenvalue weighted by Crippen LogP contribution is -2.24. The second-order valence-electron chi connectivity index (χ2n) is 5.06. The molecular weight excluding hydrogens is 234 g/mol. The number of rotatable bonds is 4. The molecule has 6 nitrogen and oxygen atoms in total.